The van der Waals surface area contributed by atoms with E-state index in [1.54, 1.807) is 14.7 Å². The monoisotopic (exact) mass is 226 g/mol. The summed E-state index contributed by atoms with van der Waals surface area (Å²) >= 11 is 1.96. The van der Waals surface area contributed by atoms with Crippen LogP contribution in [0.3, 0.4) is 0 Å². The van der Waals surface area contributed by atoms with Crippen molar-refractivity contribution in [3.8, 4) is 0 Å². The molecule has 0 saturated carbocycles. The normalized spacial score (nSPS) is 27.6. The first-order valence-corrected chi connectivity index (χ1v) is 6.76. The third kappa shape index (κ3) is 3.30. The molecule has 84 valence electrons. The van der Waals surface area contributed by atoms with Gasteiger partial charge in [-0.15, -0.1) is 11.3 Å². The Labute approximate surface area is 96.5 Å². The van der Waals surface area contributed by atoms with Gasteiger partial charge in [0, 0.05) is 11.3 Å². The minimum Gasteiger partial charge on any atom is -0.333 e. The minimum absolute atomic E-state index is 1.24. The second-order valence-electron chi connectivity index (χ2n) is 4.75. The summed E-state index contributed by atoms with van der Waals surface area (Å²) in [6, 6.07) is 4.54. The summed E-state index contributed by atoms with van der Waals surface area (Å²) in [6.07, 6.45) is 1.38. The molecule has 2 N–H and O–H groups in total. The van der Waals surface area contributed by atoms with Crippen molar-refractivity contribution in [3.63, 3.8) is 0 Å². The summed E-state index contributed by atoms with van der Waals surface area (Å²) in [4.78, 5) is 6.48. The van der Waals surface area contributed by atoms with Crippen LogP contribution in [0.15, 0.2) is 12.1 Å². The Morgan fingerprint density at radius 2 is 2.07 bits per heavy atom. The van der Waals surface area contributed by atoms with Crippen molar-refractivity contribution in [1.29, 1.82) is 0 Å². The average molecular weight is 226 g/mol. The van der Waals surface area contributed by atoms with Gasteiger partial charge < -0.3 is 9.80 Å². The van der Waals surface area contributed by atoms with Crippen molar-refractivity contribution in [2.75, 3.05) is 33.2 Å². The van der Waals surface area contributed by atoms with E-state index < -0.39 is 0 Å². The Balaban J connectivity index is 1.88. The van der Waals surface area contributed by atoms with E-state index in [0.29, 0.717) is 0 Å². The van der Waals surface area contributed by atoms with Crippen LogP contribution in [0, 0.1) is 6.92 Å². The highest BCUT2D eigenvalue weighted by atomic mass is 32.1. The first-order valence-electron chi connectivity index (χ1n) is 5.94. The molecule has 1 aromatic heterocycles. The summed E-state index contributed by atoms with van der Waals surface area (Å²) in [5, 5.41) is 0. The fraction of sp³-hybridized carbons (Fsp3) is 0.667. The lowest BCUT2D eigenvalue weighted by Gasteiger charge is -2.14. The smallest absolute Gasteiger partial charge is 0.127 e. The zero-order chi connectivity index (χ0) is 10.7. The fourth-order valence-electron chi connectivity index (χ4n) is 2.28. The molecule has 2 nitrogen and oxygen atoms in total. The summed E-state index contributed by atoms with van der Waals surface area (Å²) in [6.45, 7) is 8.82. The number of hydrogen-bond donors (Lipinski definition) is 2. The van der Waals surface area contributed by atoms with E-state index in [1.165, 1.54) is 44.0 Å². The van der Waals surface area contributed by atoms with Crippen molar-refractivity contribution in [1.82, 2.24) is 0 Å². The summed E-state index contributed by atoms with van der Waals surface area (Å²) < 4.78 is 0. The molecule has 2 heterocycles. The van der Waals surface area contributed by atoms with Crippen LogP contribution in [-0.2, 0) is 6.54 Å². The van der Waals surface area contributed by atoms with Gasteiger partial charge in [0.1, 0.15) is 19.6 Å². The predicted octanol–water partition coefficient (Wildman–Crippen LogP) is -0.640. The second-order valence-corrected chi connectivity index (χ2v) is 6.12. The molecule has 15 heavy (non-hydrogen) atoms. The minimum atomic E-state index is 1.24. The highest BCUT2D eigenvalue weighted by molar-refractivity contribution is 7.11. The molecule has 2 unspecified atom stereocenters. The summed E-state index contributed by atoms with van der Waals surface area (Å²) in [5.41, 5.74) is 0. The van der Waals surface area contributed by atoms with E-state index >= 15 is 0 Å². The lowest BCUT2D eigenvalue weighted by atomic mass is 10.3. The Bertz CT molecular complexity index is 308. The molecular weight excluding hydrogens is 204 g/mol. The third-order valence-corrected chi connectivity index (χ3v) is 4.26. The quantitative estimate of drug-likeness (QED) is 0.664. The Kier molecular flexibility index (Phi) is 3.78. The third-order valence-electron chi connectivity index (χ3n) is 3.26. The molecule has 1 aliphatic heterocycles. The number of aryl methyl sites for hydroxylation is 1. The maximum atomic E-state index is 2.32. The Morgan fingerprint density at radius 1 is 1.20 bits per heavy atom. The Morgan fingerprint density at radius 3 is 2.80 bits per heavy atom. The number of hydrogen-bond acceptors (Lipinski definition) is 1. The molecule has 0 aliphatic carbocycles. The maximum Gasteiger partial charge on any atom is 0.127 e. The van der Waals surface area contributed by atoms with Crippen LogP contribution in [0.4, 0.5) is 0 Å². The van der Waals surface area contributed by atoms with Crippen LogP contribution in [0.2, 0.25) is 0 Å². The van der Waals surface area contributed by atoms with Gasteiger partial charge in [0.2, 0.25) is 0 Å². The first kappa shape index (κ1) is 11.1. The van der Waals surface area contributed by atoms with Crippen molar-refractivity contribution >= 4 is 11.3 Å². The van der Waals surface area contributed by atoms with Crippen LogP contribution in [0.5, 0.6) is 0 Å². The highest BCUT2D eigenvalue weighted by Crippen LogP contribution is 2.13. The van der Waals surface area contributed by atoms with E-state index in [0.717, 1.165) is 0 Å². The van der Waals surface area contributed by atoms with Gasteiger partial charge in [-0.25, -0.2) is 0 Å². The van der Waals surface area contributed by atoms with Gasteiger partial charge in [-0.1, -0.05) is 0 Å². The van der Waals surface area contributed by atoms with Crippen LogP contribution in [0.1, 0.15) is 16.2 Å². The molecule has 3 heteroatoms. The van der Waals surface area contributed by atoms with E-state index in [9.17, 15) is 0 Å². The molecule has 1 fully saturated rings. The molecule has 2 atom stereocenters. The van der Waals surface area contributed by atoms with E-state index in [-0.39, 0.29) is 0 Å². The largest absolute Gasteiger partial charge is 0.333 e. The van der Waals surface area contributed by atoms with Gasteiger partial charge in [0.05, 0.1) is 25.0 Å². The van der Waals surface area contributed by atoms with Gasteiger partial charge in [0.15, 0.2) is 0 Å². The van der Waals surface area contributed by atoms with Crippen molar-refractivity contribution in [2.45, 2.75) is 19.9 Å². The van der Waals surface area contributed by atoms with E-state index in [4.69, 9.17) is 0 Å². The molecular formula is C12H22N2S+2. The maximum absolute atomic E-state index is 2.32. The van der Waals surface area contributed by atoms with Gasteiger partial charge in [-0.05, 0) is 19.1 Å². The molecule has 0 aromatic carbocycles. The molecule has 1 saturated heterocycles. The highest BCUT2D eigenvalue weighted by Gasteiger charge is 2.17. The zero-order valence-electron chi connectivity index (χ0n) is 9.81. The zero-order valence-corrected chi connectivity index (χ0v) is 10.6. The molecule has 0 amide bonds. The molecule has 1 aromatic rings. The lowest BCUT2D eigenvalue weighted by Crippen LogP contribution is -3.15. The van der Waals surface area contributed by atoms with Crippen LogP contribution in [-0.4, -0.2) is 33.2 Å². The van der Waals surface area contributed by atoms with Gasteiger partial charge in [0.25, 0.3) is 0 Å². The molecule has 1 aliphatic rings. The molecule has 0 radical (unpaired) electrons. The molecule has 0 bridgehead atoms. The van der Waals surface area contributed by atoms with Crippen LogP contribution < -0.4 is 9.80 Å². The average Bonchev–Trinajstić information content (AvgIpc) is 2.48. The Hall–Kier alpha value is -0.380. The summed E-state index contributed by atoms with van der Waals surface area (Å²) in [7, 11) is 2.32. The predicted molar refractivity (Wildman–Crippen MR) is 64.7 cm³/mol. The first-order chi connectivity index (χ1) is 7.24. The molecule has 2 rings (SSSR count). The number of quaternary nitrogens is 2. The van der Waals surface area contributed by atoms with Crippen LogP contribution in [0.25, 0.3) is 0 Å². The SMILES string of the molecule is Cc1ccc(C[NH+]2CCC[NH+](C)CC2)s1. The van der Waals surface area contributed by atoms with E-state index in [1.807, 2.05) is 11.3 Å². The van der Waals surface area contributed by atoms with Crippen molar-refractivity contribution < 1.29 is 9.80 Å². The topological polar surface area (TPSA) is 8.88 Å². The van der Waals surface area contributed by atoms with Gasteiger partial charge in [-0.2, -0.15) is 0 Å². The number of rotatable bonds is 2. The standard InChI is InChI=1S/C12H20N2S/c1-11-4-5-12(15-11)10-14-7-3-6-13(2)8-9-14/h4-5H,3,6-10H2,1-2H3/p+2. The number of thiophene rings is 1. The summed E-state index contributed by atoms with van der Waals surface area (Å²) in [5.74, 6) is 0. The van der Waals surface area contributed by atoms with Crippen molar-refractivity contribution in [3.05, 3.63) is 21.9 Å². The fourth-order valence-corrected chi connectivity index (χ4v) is 3.25. The van der Waals surface area contributed by atoms with Crippen molar-refractivity contribution in [2.24, 2.45) is 0 Å². The van der Waals surface area contributed by atoms with Crippen LogP contribution >= 0.6 is 11.3 Å². The van der Waals surface area contributed by atoms with E-state index in [2.05, 4.69) is 26.1 Å². The number of nitrogens with one attached hydrogen (secondary N) is 2. The number of likely N-dealkylation sites (N-methyl/N-ethyl adjacent to an activating group) is 1. The lowest BCUT2D eigenvalue weighted by molar-refractivity contribution is -0.938. The molecule has 0 spiro atoms. The van der Waals surface area contributed by atoms with Gasteiger partial charge >= 0.3 is 0 Å². The van der Waals surface area contributed by atoms with Gasteiger partial charge in [-0.3, -0.25) is 0 Å². The second kappa shape index (κ2) is 5.10.